The Bertz CT molecular complexity index is 4390. The third-order valence-electron chi connectivity index (χ3n) is 18.6. The second-order valence-corrected chi connectivity index (χ2v) is 25.7. The highest BCUT2D eigenvalue weighted by atomic mass is 14.3. The molecule has 0 heterocycles. The van der Waals surface area contributed by atoms with Crippen LogP contribution >= 0.6 is 0 Å². The Morgan fingerprint density at radius 2 is 0.216 bits per heavy atom. The second-order valence-electron chi connectivity index (χ2n) is 25.7. The zero-order valence-electron chi connectivity index (χ0n) is 57.7. The van der Waals surface area contributed by atoms with Gasteiger partial charge < -0.3 is 0 Å². The molecule has 0 saturated heterocycles. The fourth-order valence-corrected chi connectivity index (χ4v) is 13.0. The summed E-state index contributed by atoms with van der Waals surface area (Å²) in [5.41, 5.74) is 28.8. The van der Waals surface area contributed by atoms with Gasteiger partial charge in [-0.3, -0.25) is 0 Å². The predicted octanol–water partition coefficient (Wildman–Crippen LogP) is 20.8. The van der Waals surface area contributed by atoms with E-state index >= 15 is 0 Å². The highest BCUT2D eigenvalue weighted by Crippen LogP contribution is 2.36. The lowest BCUT2D eigenvalue weighted by Gasteiger charge is -2.28. The summed E-state index contributed by atoms with van der Waals surface area (Å²) in [7, 11) is 0. The third-order valence-corrected chi connectivity index (χ3v) is 18.6. The fourth-order valence-electron chi connectivity index (χ4n) is 13.0. The topological polar surface area (TPSA) is 0 Å². The van der Waals surface area contributed by atoms with E-state index in [2.05, 4.69) is 289 Å². The van der Waals surface area contributed by atoms with E-state index in [1.54, 1.807) is 0 Å². The van der Waals surface area contributed by atoms with Gasteiger partial charge in [-0.15, -0.1) is 0 Å². The molecule has 0 heteroatoms. The molecule has 0 aromatic heterocycles. The summed E-state index contributed by atoms with van der Waals surface area (Å²) < 4.78 is 0. The Morgan fingerprint density at radius 1 is 0.108 bits per heavy atom. The summed E-state index contributed by atoms with van der Waals surface area (Å²) in [4.78, 5) is 0. The molecule has 0 spiro atoms. The summed E-state index contributed by atoms with van der Waals surface area (Å²) in [6.45, 7) is 0. The van der Waals surface area contributed by atoms with Crippen LogP contribution in [0.25, 0.3) is 0 Å². The first kappa shape index (κ1) is 67.8. The molecule has 0 bridgehead atoms. The maximum absolute atomic E-state index is 3.44. The number of aryl methyl sites for hydroxylation is 6. The molecule has 0 radical (unpaired) electrons. The van der Waals surface area contributed by atoms with Gasteiger partial charge in [-0.1, -0.05) is 253 Å². The van der Waals surface area contributed by atoms with Gasteiger partial charge in [0.1, 0.15) is 0 Å². The van der Waals surface area contributed by atoms with Gasteiger partial charge in [0.25, 0.3) is 0 Å². The van der Waals surface area contributed by atoms with Crippen molar-refractivity contribution in [3.63, 3.8) is 0 Å². The SMILES string of the molecule is C(#Cc1ccc(CCc2c(CCc3ccc(C#Cc4ccccc4)cc3)c(CCc3ccc(C#Cc4ccccc4)cc3)c(CCc3ccc(C#Cc4ccccc4)cc3)c(CCc3ccc(C#Cc4ccccc4)cc3)c2CCc2ccc(C#Cc3ccccc3)cc2)cc1)c1ccccc1. The van der Waals surface area contributed by atoms with Crippen molar-refractivity contribution in [2.75, 3.05) is 0 Å². The van der Waals surface area contributed by atoms with Gasteiger partial charge >= 0.3 is 0 Å². The molecule has 13 aromatic rings. The van der Waals surface area contributed by atoms with Gasteiger partial charge in [0.15, 0.2) is 0 Å². The first-order valence-electron chi connectivity index (χ1n) is 35.6. The van der Waals surface area contributed by atoms with Gasteiger partial charge in [-0.25, -0.2) is 0 Å². The summed E-state index contributed by atoms with van der Waals surface area (Å²) in [5.74, 6) is 41.0. The van der Waals surface area contributed by atoms with Crippen molar-refractivity contribution in [2.24, 2.45) is 0 Å². The van der Waals surface area contributed by atoms with E-state index in [0.29, 0.717) is 0 Å². The molecule has 0 nitrogen and oxygen atoms in total. The van der Waals surface area contributed by atoms with Crippen LogP contribution in [0.15, 0.2) is 328 Å². The lowest BCUT2D eigenvalue weighted by molar-refractivity contribution is 0.777. The van der Waals surface area contributed by atoms with Crippen LogP contribution < -0.4 is 0 Å². The van der Waals surface area contributed by atoms with Crippen molar-refractivity contribution in [3.05, 3.63) is 461 Å². The van der Waals surface area contributed by atoms with Crippen LogP contribution in [0.2, 0.25) is 0 Å². The number of benzene rings is 13. The van der Waals surface area contributed by atoms with Gasteiger partial charge in [-0.05, 0) is 289 Å². The summed E-state index contributed by atoms with van der Waals surface area (Å²) in [6.07, 6.45) is 10.6. The minimum atomic E-state index is 0.880. The largest absolute Gasteiger partial charge is 0.0622 e. The van der Waals surface area contributed by atoms with Crippen LogP contribution in [-0.4, -0.2) is 0 Å². The highest BCUT2D eigenvalue weighted by molar-refractivity contribution is 5.57. The molecular weight excluding hydrogens is 1230 g/mol. The second kappa shape index (κ2) is 35.6. The van der Waals surface area contributed by atoms with Crippen LogP contribution in [-0.2, 0) is 77.0 Å². The van der Waals surface area contributed by atoms with Crippen molar-refractivity contribution in [3.8, 4) is 71.0 Å². The van der Waals surface area contributed by atoms with Crippen molar-refractivity contribution >= 4 is 0 Å². The minimum absolute atomic E-state index is 0.880. The zero-order valence-corrected chi connectivity index (χ0v) is 57.7. The molecular formula is C102H78. The van der Waals surface area contributed by atoms with Crippen molar-refractivity contribution < 1.29 is 0 Å². The van der Waals surface area contributed by atoms with Gasteiger partial charge in [0, 0.05) is 66.8 Å². The summed E-state index contributed by atoms with van der Waals surface area (Å²) >= 11 is 0. The number of hydrogen-bond acceptors (Lipinski definition) is 0. The third kappa shape index (κ3) is 20.2. The Kier molecular flexibility index (Phi) is 23.7. The average Bonchev–Trinajstić information content (AvgIpc) is 0.761. The van der Waals surface area contributed by atoms with E-state index in [1.165, 1.54) is 66.8 Å². The smallest absolute Gasteiger partial charge is 0.0249 e. The first-order chi connectivity index (χ1) is 50.5. The monoisotopic (exact) mass is 1300 g/mol. The summed E-state index contributed by atoms with van der Waals surface area (Å²) in [6, 6.07) is 116. The van der Waals surface area contributed by atoms with Crippen molar-refractivity contribution in [1.29, 1.82) is 0 Å². The van der Waals surface area contributed by atoms with E-state index < -0.39 is 0 Å². The normalized spacial score (nSPS) is 10.4. The van der Waals surface area contributed by atoms with Crippen molar-refractivity contribution in [2.45, 2.75) is 77.0 Å². The Morgan fingerprint density at radius 3 is 0.333 bits per heavy atom. The molecule has 0 amide bonds. The highest BCUT2D eigenvalue weighted by Gasteiger charge is 2.24. The van der Waals surface area contributed by atoms with E-state index in [-0.39, 0.29) is 0 Å². The Hall–Kier alpha value is -12.8. The predicted molar refractivity (Wildman–Crippen MR) is 424 cm³/mol. The van der Waals surface area contributed by atoms with Gasteiger partial charge in [0.2, 0.25) is 0 Å². The van der Waals surface area contributed by atoms with E-state index in [4.69, 9.17) is 0 Å². The maximum atomic E-state index is 3.44. The average molecular weight is 1300 g/mol. The van der Waals surface area contributed by atoms with Crippen LogP contribution in [0.3, 0.4) is 0 Å². The lowest BCUT2D eigenvalue weighted by Crippen LogP contribution is -2.18. The van der Waals surface area contributed by atoms with Crippen LogP contribution in [0.1, 0.15) is 134 Å². The molecule has 0 unspecified atom stereocenters. The van der Waals surface area contributed by atoms with E-state index in [9.17, 15) is 0 Å². The molecule has 0 atom stereocenters. The van der Waals surface area contributed by atoms with Crippen LogP contribution in [0.5, 0.6) is 0 Å². The van der Waals surface area contributed by atoms with E-state index in [0.717, 1.165) is 144 Å². The Labute approximate surface area is 605 Å². The first-order valence-corrected chi connectivity index (χ1v) is 35.6. The molecule has 0 fully saturated rings. The molecule has 0 saturated carbocycles. The van der Waals surface area contributed by atoms with Crippen molar-refractivity contribution in [1.82, 2.24) is 0 Å². The fraction of sp³-hybridized carbons (Fsp3) is 0.118. The zero-order chi connectivity index (χ0) is 69.0. The summed E-state index contributed by atoms with van der Waals surface area (Å²) in [5, 5.41) is 0. The molecule has 0 aliphatic rings. The number of hydrogen-bond donors (Lipinski definition) is 0. The van der Waals surface area contributed by atoms with Gasteiger partial charge in [-0.2, -0.15) is 0 Å². The lowest BCUT2D eigenvalue weighted by atomic mass is 9.76. The molecule has 0 N–H and O–H groups in total. The Balaban J connectivity index is 0.945. The molecule has 102 heavy (non-hydrogen) atoms. The maximum Gasteiger partial charge on any atom is 0.0249 e. The number of rotatable bonds is 18. The molecule has 13 rings (SSSR count). The molecule has 0 aliphatic heterocycles. The molecule has 486 valence electrons. The van der Waals surface area contributed by atoms with Crippen LogP contribution in [0, 0.1) is 71.0 Å². The molecule has 0 aliphatic carbocycles. The standard InChI is InChI=1S/C102H78/c1-7-19-79(20-8-1)31-37-85-43-55-91(56-44-85)67-73-97-98(74-68-92-57-45-86(46-58-92)38-32-80-21-9-2-10-22-80)100(76-70-94-61-49-88(50-62-94)40-34-82-25-13-4-14-26-82)102(78-72-96-65-53-90(54-66-96)42-36-84-29-17-6-18-30-84)101(77-71-95-63-51-89(52-64-95)41-35-83-27-15-5-16-28-83)99(97)75-69-93-59-47-87(48-60-93)39-33-81-23-11-3-12-24-81/h1-30,43-66H,67-78H2. The minimum Gasteiger partial charge on any atom is -0.0622 e. The quantitative estimate of drug-likeness (QED) is 0.0751. The molecule has 13 aromatic carbocycles. The van der Waals surface area contributed by atoms with E-state index in [1.807, 2.05) is 109 Å². The van der Waals surface area contributed by atoms with Gasteiger partial charge in [0.05, 0.1) is 0 Å². The van der Waals surface area contributed by atoms with Crippen LogP contribution in [0.4, 0.5) is 0 Å².